The molecule has 1 saturated heterocycles. The number of benzene rings is 1. The van der Waals surface area contributed by atoms with Crippen LogP contribution in [0.15, 0.2) is 35.7 Å². The maximum absolute atomic E-state index is 5.39. The molecule has 4 heteroatoms. The van der Waals surface area contributed by atoms with Crippen molar-refractivity contribution in [3.63, 3.8) is 0 Å². The number of thiophene rings is 1. The summed E-state index contributed by atoms with van der Waals surface area (Å²) >= 11 is 1.82. The molecule has 0 unspecified atom stereocenters. The lowest BCUT2D eigenvalue weighted by Gasteiger charge is -2.28. The summed E-state index contributed by atoms with van der Waals surface area (Å²) in [5.74, 6) is 0. The molecule has 1 aliphatic heterocycles. The van der Waals surface area contributed by atoms with Crippen LogP contribution in [0.25, 0.3) is 0 Å². The number of ether oxygens (including phenoxy) is 1. The molecule has 0 spiro atoms. The van der Waals surface area contributed by atoms with Gasteiger partial charge < -0.3 is 15.0 Å². The third kappa shape index (κ3) is 3.84. The molecule has 2 heterocycles. The average molecular weight is 302 g/mol. The van der Waals surface area contributed by atoms with E-state index in [9.17, 15) is 0 Å². The van der Waals surface area contributed by atoms with Gasteiger partial charge in [0.25, 0.3) is 0 Å². The summed E-state index contributed by atoms with van der Waals surface area (Å²) in [7, 11) is 0. The van der Waals surface area contributed by atoms with Crippen molar-refractivity contribution in [2.75, 3.05) is 31.2 Å². The molecule has 112 valence electrons. The molecule has 0 aliphatic carbocycles. The Morgan fingerprint density at radius 1 is 1.10 bits per heavy atom. The molecule has 1 N–H and O–H groups in total. The van der Waals surface area contributed by atoms with Gasteiger partial charge >= 0.3 is 0 Å². The molecular weight excluding hydrogens is 280 g/mol. The van der Waals surface area contributed by atoms with Crippen LogP contribution < -0.4 is 10.2 Å². The standard InChI is InChI=1S/C17H22N2OS/c1-14-6-11-21-17(14)13-18-12-15-2-4-16(5-3-15)19-7-9-20-10-8-19/h2-6,11,18H,7-10,12-13H2,1H3. The van der Waals surface area contributed by atoms with Crippen LogP contribution in [0.3, 0.4) is 0 Å². The predicted molar refractivity (Wildman–Crippen MR) is 89.1 cm³/mol. The summed E-state index contributed by atoms with van der Waals surface area (Å²) in [4.78, 5) is 3.82. The van der Waals surface area contributed by atoms with Crippen molar-refractivity contribution in [2.45, 2.75) is 20.0 Å². The smallest absolute Gasteiger partial charge is 0.0642 e. The Hall–Kier alpha value is -1.36. The van der Waals surface area contributed by atoms with Gasteiger partial charge in [-0.15, -0.1) is 11.3 Å². The molecule has 0 saturated carbocycles. The van der Waals surface area contributed by atoms with Crippen molar-refractivity contribution in [1.82, 2.24) is 5.32 Å². The highest BCUT2D eigenvalue weighted by atomic mass is 32.1. The first kappa shape index (κ1) is 14.6. The van der Waals surface area contributed by atoms with Gasteiger partial charge in [-0.25, -0.2) is 0 Å². The van der Waals surface area contributed by atoms with E-state index in [0.29, 0.717) is 0 Å². The Morgan fingerprint density at radius 3 is 2.52 bits per heavy atom. The van der Waals surface area contributed by atoms with Crippen molar-refractivity contribution < 1.29 is 4.74 Å². The van der Waals surface area contributed by atoms with Gasteiger partial charge in [-0.3, -0.25) is 0 Å². The zero-order valence-corrected chi connectivity index (χ0v) is 13.3. The van der Waals surface area contributed by atoms with Gasteiger partial charge in [-0.2, -0.15) is 0 Å². The van der Waals surface area contributed by atoms with E-state index < -0.39 is 0 Å². The zero-order valence-electron chi connectivity index (χ0n) is 12.5. The normalized spacial score (nSPS) is 15.4. The molecular formula is C17H22N2OS. The van der Waals surface area contributed by atoms with Gasteiger partial charge in [0, 0.05) is 36.7 Å². The van der Waals surface area contributed by atoms with Gasteiger partial charge in [0.2, 0.25) is 0 Å². The van der Waals surface area contributed by atoms with E-state index in [0.717, 1.165) is 39.4 Å². The van der Waals surface area contributed by atoms with Crippen molar-refractivity contribution in [3.8, 4) is 0 Å². The fourth-order valence-corrected chi connectivity index (χ4v) is 3.43. The van der Waals surface area contributed by atoms with E-state index in [1.807, 2.05) is 11.3 Å². The predicted octanol–water partition coefficient (Wildman–Crippen LogP) is 3.18. The molecule has 0 radical (unpaired) electrons. The van der Waals surface area contributed by atoms with Gasteiger partial charge in [0.05, 0.1) is 13.2 Å². The van der Waals surface area contributed by atoms with Crippen LogP contribution in [0.1, 0.15) is 16.0 Å². The number of rotatable bonds is 5. The largest absolute Gasteiger partial charge is 0.378 e. The van der Waals surface area contributed by atoms with Gasteiger partial charge in [-0.1, -0.05) is 12.1 Å². The van der Waals surface area contributed by atoms with Crippen LogP contribution in [0, 0.1) is 6.92 Å². The first-order valence-corrected chi connectivity index (χ1v) is 8.36. The molecule has 21 heavy (non-hydrogen) atoms. The van der Waals surface area contributed by atoms with Crippen molar-refractivity contribution >= 4 is 17.0 Å². The van der Waals surface area contributed by atoms with E-state index in [2.05, 4.69) is 52.9 Å². The lowest BCUT2D eigenvalue weighted by molar-refractivity contribution is 0.122. The van der Waals surface area contributed by atoms with Gasteiger partial charge in [-0.05, 0) is 41.6 Å². The van der Waals surface area contributed by atoms with Crippen molar-refractivity contribution in [3.05, 3.63) is 51.7 Å². The van der Waals surface area contributed by atoms with E-state index in [4.69, 9.17) is 4.74 Å². The second-order valence-electron chi connectivity index (χ2n) is 5.40. The molecule has 1 aromatic carbocycles. The summed E-state index contributed by atoms with van der Waals surface area (Å²) < 4.78 is 5.39. The van der Waals surface area contributed by atoms with Crippen molar-refractivity contribution in [2.24, 2.45) is 0 Å². The minimum atomic E-state index is 0.837. The third-order valence-electron chi connectivity index (χ3n) is 3.90. The highest BCUT2D eigenvalue weighted by Gasteiger charge is 2.10. The average Bonchev–Trinajstić information content (AvgIpc) is 2.94. The number of hydrogen-bond acceptors (Lipinski definition) is 4. The fourth-order valence-electron chi connectivity index (χ4n) is 2.55. The highest BCUT2D eigenvalue weighted by Crippen LogP contribution is 2.17. The van der Waals surface area contributed by atoms with Crippen LogP contribution in [0.4, 0.5) is 5.69 Å². The van der Waals surface area contributed by atoms with E-state index in [1.54, 1.807) is 0 Å². The maximum Gasteiger partial charge on any atom is 0.0642 e. The molecule has 3 rings (SSSR count). The number of hydrogen-bond donors (Lipinski definition) is 1. The molecule has 2 aromatic rings. The van der Waals surface area contributed by atoms with Crippen LogP contribution in [0.2, 0.25) is 0 Å². The number of anilines is 1. The summed E-state index contributed by atoms with van der Waals surface area (Å²) in [6.07, 6.45) is 0. The molecule has 3 nitrogen and oxygen atoms in total. The monoisotopic (exact) mass is 302 g/mol. The topological polar surface area (TPSA) is 24.5 Å². The molecule has 0 amide bonds. The maximum atomic E-state index is 5.39. The van der Waals surface area contributed by atoms with Crippen LogP contribution >= 0.6 is 11.3 Å². The lowest BCUT2D eigenvalue weighted by Crippen LogP contribution is -2.36. The Balaban J connectivity index is 1.51. The quantitative estimate of drug-likeness (QED) is 0.918. The van der Waals surface area contributed by atoms with E-state index in [1.165, 1.54) is 21.7 Å². The molecule has 0 atom stereocenters. The van der Waals surface area contributed by atoms with Crippen LogP contribution in [-0.2, 0) is 17.8 Å². The number of nitrogens with one attached hydrogen (secondary N) is 1. The van der Waals surface area contributed by atoms with Crippen LogP contribution in [0.5, 0.6) is 0 Å². The fraction of sp³-hybridized carbons (Fsp3) is 0.412. The second-order valence-corrected chi connectivity index (χ2v) is 6.40. The lowest BCUT2D eigenvalue weighted by atomic mass is 10.2. The Bertz CT molecular complexity index is 558. The number of morpholine rings is 1. The summed E-state index contributed by atoms with van der Waals surface area (Å²) in [6, 6.07) is 11.1. The van der Waals surface area contributed by atoms with Gasteiger partial charge in [0.15, 0.2) is 0 Å². The highest BCUT2D eigenvalue weighted by molar-refractivity contribution is 7.10. The zero-order chi connectivity index (χ0) is 14.5. The first-order chi connectivity index (χ1) is 10.3. The number of aryl methyl sites for hydroxylation is 1. The van der Waals surface area contributed by atoms with Gasteiger partial charge in [0.1, 0.15) is 0 Å². The summed E-state index contributed by atoms with van der Waals surface area (Å²) in [6.45, 7) is 7.71. The minimum absolute atomic E-state index is 0.837. The third-order valence-corrected chi connectivity index (χ3v) is 4.92. The summed E-state index contributed by atoms with van der Waals surface area (Å²) in [5.41, 5.74) is 4.02. The van der Waals surface area contributed by atoms with Crippen molar-refractivity contribution in [1.29, 1.82) is 0 Å². The van der Waals surface area contributed by atoms with Crippen LogP contribution in [-0.4, -0.2) is 26.3 Å². The van der Waals surface area contributed by atoms with E-state index >= 15 is 0 Å². The molecule has 1 aliphatic rings. The Morgan fingerprint density at radius 2 is 1.86 bits per heavy atom. The Labute approximate surface area is 130 Å². The summed E-state index contributed by atoms with van der Waals surface area (Å²) in [5, 5.41) is 5.68. The SMILES string of the molecule is Cc1ccsc1CNCc1ccc(N2CCOCC2)cc1. The molecule has 0 bridgehead atoms. The molecule has 1 aromatic heterocycles. The minimum Gasteiger partial charge on any atom is -0.378 e. The number of nitrogens with zero attached hydrogens (tertiary/aromatic N) is 1. The second kappa shape index (κ2) is 7.07. The Kier molecular flexibility index (Phi) is 4.91. The first-order valence-electron chi connectivity index (χ1n) is 7.48. The van der Waals surface area contributed by atoms with E-state index in [-0.39, 0.29) is 0 Å². The molecule has 1 fully saturated rings.